The van der Waals surface area contributed by atoms with E-state index in [9.17, 15) is 29.1 Å². The zero-order valence-corrected chi connectivity index (χ0v) is 24.9. The van der Waals surface area contributed by atoms with Crippen LogP contribution in [0.2, 0.25) is 0 Å². The quantitative estimate of drug-likeness (QED) is 0.0745. The Morgan fingerprint density at radius 1 is 1.24 bits per heavy atom. The Morgan fingerprint density at radius 2 is 1.90 bits per heavy atom. The van der Waals surface area contributed by atoms with Crippen LogP contribution in [0.1, 0.15) is 47.2 Å². The van der Waals surface area contributed by atoms with Crippen molar-refractivity contribution in [2.24, 2.45) is 11.0 Å². The van der Waals surface area contributed by atoms with E-state index in [2.05, 4.69) is 15.5 Å². The number of carboxylic acids is 1. The van der Waals surface area contributed by atoms with E-state index in [4.69, 9.17) is 21.2 Å². The van der Waals surface area contributed by atoms with Gasteiger partial charge in [0.25, 0.3) is 5.91 Å². The van der Waals surface area contributed by atoms with E-state index in [1.807, 2.05) is 0 Å². The number of nitrogens with one attached hydrogen (secondary N) is 1. The van der Waals surface area contributed by atoms with Crippen molar-refractivity contribution < 1.29 is 38.7 Å². The number of carboxylic acid groups (broad SMARTS) is 1. The van der Waals surface area contributed by atoms with Gasteiger partial charge >= 0.3 is 18.0 Å². The number of thiazole rings is 1. The highest BCUT2D eigenvalue weighted by Crippen LogP contribution is 2.49. The van der Waals surface area contributed by atoms with Gasteiger partial charge in [0.05, 0.1) is 12.6 Å². The van der Waals surface area contributed by atoms with E-state index in [-0.39, 0.29) is 29.6 Å². The highest BCUT2D eigenvalue weighted by molar-refractivity contribution is 8.02. The van der Waals surface area contributed by atoms with Crippen molar-refractivity contribution in [2.75, 3.05) is 18.8 Å². The predicted molar refractivity (Wildman–Crippen MR) is 147 cm³/mol. The molecule has 0 saturated carbocycles. The number of nitrogens with two attached hydrogens (primary N) is 2. The summed E-state index contributed by atoms with van der Waals surface area (Å²) in [6, 6.07) is -2.26. The van der Waals surface area contributed by atoms with Gasteiger partial charge in [-0.05, 0) is 41.5 Å². The maximum absolute atomic E-state index is 13.4. The molecule has 18 heteroatoms. The number of esters is 1. The van der Waals surface area contributed by atoms with Gasteiger partial charge in [-0.1, -0.05) is 16.9 Å². The predicted octanol–water partition coefficient (Wildman–Crippen LogP) is -0.253. The summed E-state index contributed by atoms with van der Waals surface area (Å²) < 4.78 is 5.35. The molecule has 3 aliphatic rings. The molecule has 0 aromatic carbocycles. The zero-order chi connectivity index (χ0) is 30.7. The molecule has 3 fully saturated rings. The van der Waals surface area contributed by atoms with Gasteiger partial charge in [0.1, 0.15) is 22.7 Å². The molecular formula is C23H32N8O8S2. The molecule has 4 atom stereocenters. The van der Waals surface area contributed by atoms with Crippen LogP contribution in [0, 0.1) is 0 Å². The van der Waals surface area contributed by atoms with Crippen molar-refractivity contribution >= 4 is 63.7 Å². The van der Waals surface area contributed by atoms with E-state index < -0.39 is 63.3 Å². The average Bonchev–Trinajstić information content (AvgIpc) is 3.53. The molecule has 3 aliphatic heterocycles. The number of nitrogens with zero attached hydrogens (tertiary/aromatic N) is 5. The molecule has 3 saturated heterocycles. The summed E-state index contributed by atoms with van der Waals surface area (Å²) in [6.45, 7) is 9.32. The number of oxime groups is 1. The first-order chi connectivity index (χ1) is 18.9. The minimum atomic E-state index is -1.79. The van der Waals surface area contributed by atoms with Crippen LogP contribution in [-0.2, 0) is 28.8 Å². The molecule has 0 spiro atoms. The topological polar surface area (TPSA) is 223 Å². The lowest BCUT2D eigenvalue weighted by atomic mass is 10.0. The van der Waals surface area contributed by atoms with Crippen molar-refractivity contribution in [1.29, 1.82) is 0 Å². The van der Waals surface area contributed by atoms with Crippen molar-refractivity contribution in [3.8, 4) is 0 Å². The molecule has 0 bridgehead atoms. The Labute approximate surface area is 243 Å². The minimum absolute atomic E-state index is 0.0345. The number of urea groups is 1. The summed E-state index contributed by atoms with van der Waals surface area (Å²) >= 11 is 1.89. The van der Waals surface area contributed by atoms with Gasteiger partial charge in [-0.25, -0.2) is 25.2 Å². The third kappa shape index (κ3) is 5.50. The maximum atomic E-state index is 13.4. The number of hydrogen-bond acceptors (Lipinski definition) is 13. The largest absolute Gasteiger partial charge is 0.479 e. The van der Waals surface area contributed by atoms with Gasteiger partial charge < -0.3 is 30.6 Å². The van der Waals surface area contributed by atoms with E-state index in [1.54, 1.807) is 27.7 Å². The summed E-state index contributed by atoms with van der Waals surface area (Å²) in [5.41, 5.74) is 3.01. The fourth-order valence-electron chi connectivity index (χ4n) is 4.28. The van der Waals surface area contributed by atoms with Crippen LogP contribution in [0.25, 0.3) is 0 Å². The number of fused-ring (bicyclic) bond motifs is 1. The molecule has 6 N–H and O–H groups in total. The second-order valence-corrected chi connectivity index (χ2v) is 13.6. The number of ether oxygens (including phenoxy) is 1. The number of aromatic nitrogens is 1. The molecule has 0 unspecified atom stereocenters. The summed E-state index contributed by atoms with van der Waals surface area (Å²) in [4.78, 5) is 74.3. The molecule has 4 rings (SSSR count). The Kier molecular flexibility index (Phi) is 7.63. The Bertz CT molecular complexity index is 1330. The number of thioether (sulfide) groups is 1. The fourth-order valence-corrected chi connectivity index (χ4v) is 6.44. The molecule has 41 heavy (non-hydrogen) atoms. The lowest BCUT2D eigenvalue weighted by Crippen LogP contribution is -2.68. The molecule has 1 aromatic heterocycles. The summed E-state index contributed by atoms with van der Waals surface area (Å²) in [7, 11) is 0. The Balaban J connectivity index is 1.55. The number of aliphatic carboxylic acids is 1. The number of anilines is 1. The fraction of sp³-hybridized carbons (Fsp3) is 0.609. The van der Waals surface area contributed by atoms with Crippen molar-refractivity contribution in [3.05, 3.63) is 11.1 Å². The number of rotatable bonds is 8. The summed E-state index contributed by atoms with van der Waals surface area (Å²) in [5.74, 6) is 2.31. The van der Waals surface area contributed by atoms with Gasteiger partial charge in [-0.2, -0.15) is 0 Å². The third-order valence-corrected chi connectivity index (χ3v) is 8.86. The van der Waals surface area contributed by atoms with Crippen LogP contribution in [0.5, 0.6) is 0 Å². The highest BCUT2D eigenvalue weighted by Gasteiger charge is 2.66. The van der Waals surface area contributed by atoms with Crippen LogP contribution < -0.4 is 16.9 Å². The Morgan fingerprint density at radius 3 is 2.41 bits per heavy atom. The minimum Gasteiger partial charge on any atom is -0.479 e. The summed E-state index contributed by atoms with van der Waals surface area (Å²) in [6.07, 6.45) is 0. The van der Waals surface area contributed by atoms with Crippen molar-refractivity contribution in [2.45, 2.75) is 75.1 Å². The second kappa shape index (κ2) is 10.3. The van der Waals surface area contributed by atoms with E-state index in [0.717, 1.165) is 33.0 Å². The first-order valence-electron chi connectivity index (χ1n) is 12.5. The molecule has 4 amide bonds. The molecule has 224 valence electrons. The molecule has 1 aromatic rings. The third-order valence-electron chi connectivity index (χ3n) is 6.51. The van der Waals surface area contributed by atoms with Crippen molar-refractivity contribution in [1.82, 2.24) is 25.1 Å². The number of carbonyl (C=O) groups excluding carboxylic acids is 4. The molecule has 0 aliphatic carbocycles. The standard InChI is InChI=1S/C23H32N8O8S2/c1-10-7-30(20(37)31(10)25)23(17(34)35)9-29-15(33)13(16(29)41-23)27-14(32)12(11-8-40-19(24)26-11)28-39-22(5,6)18(36)38-21(2,3)4/h8,10,13,16H,7,9,25H2,1-6H3,(H2,24,26)(H,27,32)(H,34,35)/b28-12-/t10-,13-,16-,23-/m1/s1. The van der Waals surface area contributed by atoms with Crippen LogP contribution >= 0.6 is 23.1 Å². The highest BCUT2D eigenvalue weighted by atomic mass is 32.2. The number of carbonyl (C=O) groups is 5. The molecule has 16 nitrogen and oxygen atoms in total. The normalized spacial score (nSPS) is 26.6. The SMILES string of the molecule is C[C@@H]1CN([C@]2(C(=O)O)CN3C(=O)[C@@H](NC(=O)/C(=N\OC(C)(C)C(=O)OC(C)(C)C)c4csc(N)n4)[C@H]3S2)C(=O)N1N. The number of β-lactam (4-membered cyclic amide) rings is 1. The monoisotopic (exact) mass is 612 g/mol. The maximum Gasteiger partial charge on any atom is 0.353 e. The molecule has 4 heterocycles. The van der Waals surface area contributed by atoms with Gasteiger partial charge in [0.15, 0.2) is 10.8 Å². The van der Waals surface area contributed by atoms with Gasteiger partial charge in [-0.15, -0.1) is 11.3 Å². The van der Waals surface area contributed by atoms with E-state index in [0.29, 0.717) is 0 Å². The van der Waals surface area contributed by atoms with E-state index in [1.165, 1.54) is 24.1 Å². The molecular weight excluding hydrogens is 580 g/mol. The van der Waals surface area contributed by atoms with Gasteiger partial charge in [-0.3, -0.25) is 19.5 Å². The number of amides is 4. The first-order valence-corrected chi connectivity index (χ1v) is 14.2. The number of hydrazine groups is 1. The van der Waals surface area contributed by atoms with E-state index >= 15 is 0 Å². The number of nitrogen functional groups attached to an aromatic ring is 1. The lowest BCUT2D eigenvalue weighted by Gasteiger charge is -2.41. The van der Waals surface area contributed by atoms with Crippen LogP contribution in [-0.4, -0.2) is 107 Å². The number of hydrogen-bond donors (Lipinski definition) is 4. The second-order valence-electron chi connectivity index (χ2n) is 11.3. The zero-order valence-electron chi connectivity index (χ0n) is 23.2. The van der Waals surface area contributed by atoms with Crippen molar-refractivity contribution in [3.63, 3.8) is 0 Å². The smallest absolute Gasteiger partial charge is 0.353 e. The average molecular weight is 613 g/mol. The van der Waals surface area contributed by atoms with Crippen LogP contribution in [0.4, 0.5) is 9.93 Å². The Hall–Kier alpha value is -3.64. The molecule has 0 radical (unpaired) electrons. The van der Waals surface area contributed by atoms with Crippen LogP contribution in [0.15, 0.2) is 10.5 Å². The first kappa shape index (κ1) is 30.3. The van der Waals surface area contributed by atoms with Gasteiger partial charge in [0, 0.05) is 11.9 Å². The van der Waals surface area contributed by atoms with Crippen LogP contribution in [0.3, 0.4) is 0 Å². The summed E-state index contributed by atoms with van der Waals surface area (Å²) in [5, 5.41) is 18.3. The van der Waals surface area contributed by atoms with Gasteiger partial charge in [0.2, 0.25) is 16.4 Å². The lowest BCUT2D eigenvalue weighted by molar-refractivity contribution is -0.179.